The van der Waals surface area contributed by atoms with Crippen LogP contribution in [0.2, 0.25) is 0 Å². The van der Waals surface area contributed by atoms with E-state index in [0.29, 0.717) is 30.7 Å². The summed E-state index contributed by atoms with van der Waals surface area (Å²) in [5, 5.41) is 17.7. The second-order valence-electron chi connectivity index (χ2n) is 7.12. The first-order valence-electron chi connectivity index (χ1n) is 8.66. The van der Waals surface area contributed by atoms with Gasteiger partial charge in [0.25, 0.3) is 0 Å². The molecule has 0 amide bonds. The highest BCUT2D eigenvalue weighted by Gasteiger charge is 2.38. The lowest BCUT2D eigenvalue weighted by molar-refractivity contribution is 0.137. The number of aryl methyl sites for hydroxylation is 2. The lowest BCUT2D eigenvalue weighted by Crippen LogP contribution is -2.22. The third-order valence-corrected chi connectivity index (χ3v) is 4.91. The summed E-state index contributed by atoms with van der Waals surface area (Å²) in [4.78, 5) is 13.3. The van der Waals surface area contributed by atoms with Crippen LogP contribution in [0.3, 0.4) is 0 Å². The van der Waals surface area contributed by atoms with E-state index in [1.165, 1.54) is 0 Å². The maximum Gasteiger partial charge on any atom is 0.229 e. The van der Waals surface area contributed by atoms with Crippen molar-refractivity contribution in [2.75, 3.05) is 11.9 Å². The molecule has 128 valence electrons. The number of rotatable bonds is 5. The van der Waals surface area contributed by atoms with Crippen molar-refractivity contribution in [3.63, 3.8) is 0 Å². The molecule has 0 bridgehead atoms. The Morgan fingerprint density at radius 1 is 1.12 bits per heavy atom. The molecule has 2 fully saturated rings. The molecule has 24 heavy (non-hydrogen) atoms. The molecule has 2 saturated carbocycles. The van der Waals surface area contributed by atoms with Gasteiger partial charge in [0, 0.05) is 35.7 Å². The van der Waals surface area contributed by atoms with Crippen molar-refractivity contribution in [2.45, 2.75) is 57.5 Å². The van der Waals surface area contributed by atoms with Gasteiger partial charge in [-0.1, -0.05) is 5.16 Å². The fourth-order valence-electron chi connectivity index (χ4n) is 3.47. The molecule has 2 N–H and O–H groups in total. The Balaban J connectivity index is 1.37. The number of hydrogen-bond acceptors (Lipinski definition) is 7. The molecular formula is C17H23N5O2. The van der Waals surface area contributed by atoms with Crippen LogP contribution in [0.25, 0.3) is 0 Å². The molecule has 7 nitrogen and oxygen atoms in total. The molecule has 2 aromatic rings. The second-order valence-corrected chi connectivity index (χ2v) is 7.12. The first kappa shape index (κ1) is 15.5. The quantitative estimate of drug-likeness (QED) is 0.868. The van der Waals surface area contributed by atoms with Gasteiger partial charge < -0.3 is 14.9 Å². The number of anilines is 1. The Kier molecular flexibility index (Phi) is 3.96. The van der Waals surface area contributed by atoms with Gasteiger partial charge in [-0.15, -0.1) is 0 Å². The Hall–Kier alpha value is -2.02. The fraction of sp³-hybridized carbons (Fsp3) is 0.647. The standard InChI is InChI=1S/C17H23N5O2/c1-9-5-10(2)20-17(19-9)18-8-13-6-12(7-14(13)23)16-21-15(22-24-16)11-3-4-11/h5,11-14,23H,3-4,6-8H2,1-2H3,(H,18,19,20)/t12-,13+,14+/m0/s1. The van der Waals surface area contributed by atoms with Crippen LogP contribution in [-0.4, -0.2) is 37.9 Å². The molecule has 2 aromatic heterocycles. The Morgan fingerprint density at radius 2 is 1.88 bits per heavy atom. The van der Waals surface area contributed by atoms with Crippen molar-refractivity contribution >= 4 is 5.95 Å². The van der Waals surface area contributed by atoms with E-state index in [-0.39, 0.29) is 17.9 Å². The van der Waals surface area contributed by atoms with E-state index in [9.17, 15) is 5.11 Å². The van der Waals surface area contributed by atoms with Gasteiger partial charge in [0.15, 0.2) is 5.82 Å². The van der Waals surface area contributed by atoms with E-state index in [1.807, 2.05) is 19.9 Å². The van der Waals surface area contributed by atoms with Crippen molar-refractivity contribution < 1.29 is 9.63 Å². The lowest BCUT2D eigenvalue weighted by atomic mass is 10.0. The van der Waals surface area contributed by atoms with E-state index in [4.69, 9.17) is 4.52 Å². The highest BCUT2D eigenvalue weighted by molar-refractivity contribution is 5.28. The predicted octanol–water partition coefficient (Wildman–Crippen LogP) is 2.32. The molecule has 0 radical (unpaired) electrons. The maximum absolute atomic E-state index is 10.4. The molecule has 4 rings (SSSR count). The minimum Gasteiger partial charge on any atom is -0.393 e. The monoisotopic (exact) mass is 329 g/mol. The van der Waals surface area contributed by atoms with Gasteiger partial charge in [0.05, 0.1) is 6.10 Å². The van der Waals surface area contributed by atoms with Crippen LogP contribution in [0.15, 0.2) is 10.6 Å². The Labute approximate surface area is 140 Å². The van der Waals surface area contributed by atoms with Gasteiger partial charge in [-0.2, -0.15) is 4.98 Å². The van der Waals surface area contributed by atoms with E-state index < -0.39 is 0 Å². The van der Waals surface area contributed by atoms with Crippen LogP contribution >= 0.6 is 0 Å². The minimum atomic E-state index is -0.371. The highest BCUT2D eigenvalue weighted by atomic mass is 16.5. The second kappa shape index (κ2) is 6.12. The molecule has 0 spiro atoms. The highest BCUT2D eigenvalue weighted by Crippen LogP contribution is 2.41. The molecule has 2 aliphatic rings. The first-order chi connectivity index (χ1) is 11.6. The molecule has 2 heterocycles. The summed E-state index contributed by atoms with van der Waals surface area (Å²) in [6.45, 7) is 4.55. The van der Waals surface area contributed by atoms with Gasteiger partial charge in [-0.05, 0) is 45.6 Å². The van der Waals surface area contributed by atoms with Crippen LogP contribution in [0.5, 0.6) is 0 Å². The van der Waals surface area contributed by atoms with Crippen LogP contribution < -0.4 is 5.32 Å². The smallest absolute Gasteiger partial charge is 0.229 e. The zero-order chi connectivity index (χ0) is 16.7. The largest absolute Gasteiger partial charge is 0.393 e. The topological polar surface area (TPSA) is 97.0 Å². The molecule has 7 heteroatoms. The SMILES string of the molecule is Cc1cc(C)nc(NC[C@H]2C[C@H](c3nc(C4CC4)no3)C[C@H]2O)n1. The summed E-state index contributed by atoms with van der Waals surface area (Å²) in [5.74, 6) is 2.92. The number of aliphatic hydroxyl groups is 1. The van der Waals surface area contributed by atoms with Gasteiger partial charge in [0.1, 0.15) is 0 Å². The van der Waals surface area contributed by atoms with Crippen molar-refractivity contribution in [1.82, 2.24) is 20.1 Å². The summed E-state index contributed by atoms with van der Waals surface area (Å²) in [6, 6.07) is 1.94. The number of nitrogens with one attached hydrogen (secondary N) is 1. The molecule has 0 aliphatic heterocycles. The lowest BCUT2D eigenvalue weighted by Gasteiger charge is -2.15. The van der Waals surface area contributed by atoms with E-state index in [2.05, 4.69) is 25.4 Å². The molecule has 0 saturated heterocycles. The third kappa shape index (κ3) is 3.26. The normalized spacial score (nSPS) is 26.7. The van der Waals surface area contributed by atoms with Crippen molar-refractivity contribution in [2.24, 2.45) is 5.92 Å². The van der Waals surface area contributed by atoms with E-state index >= 15 is 0 Å². The summed E-state index contributed by atoms with van der Waals surface area (Å²) in [5.41, 5.74) is 1.88. The molecule has 2 aliphatic carbocycles. The molecule has 0 unspecified atom stereocenters. The van der Waals surface area contributed by atoms with Crippen molar-refractivity contribution in [1.29, 1.82) is 0 Å². The Morgan fingerprint density at radius 3 is 2.58 bits per heavy atom. The van der Waals surface area contributed by atoms with Crippen molar-refractivity contribution in [3.8, 4) is 0 Å². The summed E-state index contributed by atoms with van der Waals surface area (Å²) in [6.07, 6.45) is 3.46. The van der Waals surface area contributed by atoms with Gasteiger partial charge in [0.2, 0.25) is 11.8 Å². The number of aliphatic hydroxyl groups excluding tert-OH is 1. The molecular weight excluding hydrogens is 306 g/mol. The van der Waals surface area contributed by atoms with Crippen LogP contribution in [-0.2, 0) is 0 Å². The maximum atomic E-state index is 10.4. The zero-order valence-corrected chi connectivity index (χ0v) is 14.1. The summed E-state index contributed by atoms with van der Waals surface area (Å²) >= 11 is 0. The Bertz CT molecular complexity index is 707. The van der Waals surface area contributed by atoms with Crippen LogP contribution in [0, 0.1) is 19.8 Å². The molecule has 0 aromatic carbocycles. The summed E-state index contributed by atoms with van der Waals surface area (Å²) in [7, 11) is 0. The predicted molar refractivity (Wildman–Crippen MR) is 87.7 cm³/mol. The fourth-order valence-corrected chi connectivity index (χ4v) is 3.47. The average molecular weight is 329 g/mol. The third-order valence-electron chi connectivity index (χ3n) is 4.91. The molecule has 3 atom stereocenters. The average Bonchev–Trinajstić information content (AvgIpc) is 3.14. The minimum absolute atomic E-state index is 0.135. The number of nitrogens with zero attached hydrogens (tertiary/aromatic N) is 4. The van der Waals surface area contributed by atoms with Crippen LogP contribution in [0.1, 0.15) is 60.6 Å². The summed E-state index contributed by atoms with van der Waals surface area (Å²) < 4.78 is 5.42. The zero-order valence-electron chi connectivity index (χ0n) is 14.1. The van der Waals surface area contributed by atoms with Gasteiger partial charge in [-0.25, -0.2) is 9.97 Å². The van der Waals surface area contributed by atoms with Crippen LogP contribution in [0.4, 0.5) is 5.95 Å². The van der Waals surface area contributed by atoms with Crippen molar-refractivity contribution in [3.05, 3.63) is 29.2 Å². The van der Waals surface area contributed by atoms with Gasteiger partial charge in [-0.3, -0.25) is 0 Å². The van der Waals surface area contributed by atoms with E-state index in [0.717, 1.165) is 36.5 Å². The van der Waals surface area contributed by atoms with Gasteiger partial charge >= 0.3 is 0 Å². The van der Waals surface area contributed by atoms with E-state index in [1.54, 1.807) is 0 Å². The number of aromatic nitrogens is 4. The number of hydrogen-bond donors (Lipinski definition) is 2. The first-order valence-corrected chi connectivity index (χ1v) is 8.66.